The van der Waals surface area contributed by atoms with E-state index in [9.17, 15) is 5.11 Å². The summed E-state index contributed by atoms with van der Waals surface area (Å²) in [6.07, 6.45) is 5.64. The molecule has 0 bridgehead atoms. The fraction of sp³-hybridized carbons (Fsp3) is 0.536. The summed E-state index contributed by atoms with van der Waals surface area (Å²) in [5, 5.41) is 27.2. The zero-order chi connectivity index (χ0) is 25.1. The minimum Gasteiger partial charge on any atom is -0.393 e. The molecule has 1 aliphatic heterocycles. The molecular weight excluding hydrogens is 450 g/mol. The minimum absolute atomic E-state index is 0.0244. The Balaban J connectivity index is 1.43. The number of aliphatic hydroxyl groups excluding tert-OH is 1. The highest BCUT2D eigenvalue weighted by molar-refractivity contribution is 5.81. The molecule has 2 fully saturated rings. The zero-order valence-corrected chi connectivity index (χ0v) is 21.4. The van der Waals surface area contributed by atoms with E-state index in [1.54, 1.807) is 0 Å². The highest BCUT2D eigenvalue weighted by atomic mass is 16.3. The second kappa shape index (κ2) is 11.0. The van der Waals surface area contributed by atoms with Gasteiger partial charge in [-0.2, -0.15) is 5.26 Å². The van der Waals surface area contributed by atoms with Crippen LogP contribution < -0.4 is 5.32 Å². The van der Waals surface area contributed by atoms with Crippen LogP contribution in [0, 0.1) is 11.3 Å². The van der Waals surface area contributed by atoms with Crippen LogP contribution in [-0.4, -0.2) is 74.9 Å². The van der Waals surface area contributed by atoms with Crippen molar-refractivity contribution in [1.29, 1.82) is 5.26 Å². The SMILES string of the molecule is C[C@@H](CC#N)Nc1ncc2c(-c3ccc(CN4CCN(C)CC4)cc3)cc(C3CCC(O)CC3)n2n1. The number of aliphatic hydroxyl groups is 1. The number of anilines is 1. The van der Waals surface area contributed by atoms with Crippen molar-refractivity contribution >= 4 is 11.5 Å². The van der Waals surface area contributed by atoms with Gasteiger partial charge < -0.3 is 15.3 Å². The van der Waals surface area contributed by atoms with E-state index >= 15 is 0 Å². The minimum atomic E-state index is -0.196. The van der Waals surface area contributed by atoms with Gasteiger partial charge in [0.2, 0.25) is 5.95 Å². The second-order valence-corrected chi connectivity index (χ2v) is 10.6. The molecule has 0 radical (unpaired) electrons. The second-order valence-electron chi connectivity index (χ2n) is 10.6. The first kappa shape index (κ1) is 24.7. The number of fused-ring (bicyclic) bond motifs is 1. The van der Waals surface area contributed by atoms with Crippen molar-refractivity contribution in [3.05, 3.63) is 47.8 Å². The fourth-order valence-corrected chi connectivity index (χ4v) is 5.44. The molecule has 0 amide bonds. The van der Waals surface area contributed by atoms with Gasteiger partial charge in [0.15, 0.2) is 0 Å². The molecule has 2 aromatic heterocycles. The number of aromatic nitrogens is 3. The molecule has 36 heavy (non-hydrogen) atoms. The first-order valence-corrected chi connectivity index (χ1v) is 13.2. The van der Waals surface area contributed by atoms with E-state index < -0.39 is 0 Å². The average molecular weight is 488 g/mol. The van der Waals surface area contributed by atoms with Crippen molar-refractivity contribution in [2.45, 2.75) is 63.6 Å². The smallest absolute Gasteiger partial charge is 0.241 e. The summed E-state index contributed by atoms with van der Waals surface area (Å²) in [4.78, 5) is 9.49. The van der Waals surface area contributed by atoms with Gasteiger partial charge in [0.25, 0.3) is 0 Å². The average Bonchev–Trinajstić information content (AvgIpc) is 3.25. The first-order chi connectivity index (χ1) is 17.5. The Hall–Kier alpha value is -2.99. The predicted octanol–water partition coefficient (Wildman–Crippen LogP) is 3.88. The summed E-state index contributed by atoms with van der Waals surface area (Å²) in [5.74, 6) is 0.887. The van der Waals surface area contributed by atoms with Crippen molar-refractivity contribution in [2.75, 3.05) is 38.5 Å². The molecule has 1 atom stereocenters. The van der Waals surface area contributed by atoms with Gasteiger partial charge in [-0.15, -0.1) is 5.10 Å². The lowest BCUT2D eigenvalue weighted by atomic mass is 9.85. The molecule has 1 saturated carbocycles. The topological polar surface area (TPSA) is 92.7 Å². The Kier molecular flexibility index (Phi) is 7.51. The Morgan fingerprint density at radius 3 is 2.53 bits per heavy atom. The third kappa shape index (κ3) is 5.54. The maximum absolute atomic E-state index is 10.0. The van der Waals surface area contributed by atoms with Crippen molar-refractivity contribution in [3.8, 4) is 17.2 Å². The van der Waals surface area contributed by atoms with E-state index in [4.69, 9.17) is 10.4 Å². The normalized spacial score (nSPS) is 22.4. The van der Waals surface area contributed by atoms with Gasteiger partial charge in [0.1, 0.15) is 0 Å². The molecule has 8 heteroatoms. The maximum atomic E-state index is 10.0. The summed E-state index contributed by atoms with van der Waals surface area (Å²) in [7, 11) is 2.19. The highest BCUT2D eigenvalue weighted by Gasteiger charge is 2.26. The van der Waals surface area contributed by atoms with Crippen LogP contribution in [-0.2, 0) is 6.54 Å². The summed E-state index contributed by atoms with van der Waals surface area (Å²) in [6, 6.07) is 13.4. The number of nitriles is 1. The lowest BCUT2D eigenvalue weighted by Gasteiger charge is -2.32. The van der Waals surface area contributed by atoms with Crippen LogP contribution in [0.3, 0.4) is 0 Å². The quantitative estimate of drug-likeness (QED) is 0.522. The number of nitrogens with zero attached hydrogens (tertiary/aromatic N) is 6. The Morgan fingerprint density at radius 2 is 1.83 bits per heavy atom. The van der Waals surface area contributed by atoms with E-state index in [2.05, 4.69) is 63.5 Å². The third-order valence-electron chi connectivity index (χ3n) is 7.70. The predicted molar refractivity (Wildman–Crippen MR) is 142 cm³/mol. The van der Waals surface area contributed by atoms with E-state index in [-0.39, 0.29) is 12.1 Å². The van der Waals surface area contributed by atoms with Gasteiger partial charge in [0.05, 0.1) is 30.3 Å². The lowest BCUT2D eigenvalue weighted by Crippen LogP contribution is -2.43. The van der Waals surface area contributed by atoms with Crippen molar-refractivity contribution in [1.82, 2.24) is 24.4 Å². The van der Waals surface area contributed by atoms with Gasteiger partial charge in [-0.05, 0) is 56.8 Å². The van der Waals surface area contributed by atoms with Crippen LogP contribution in [0.4, 0.5) is 5.95 Å². The van der Waals surface area contributed by atoms with Gasteiger partial charge in [-0.3, -0.25) is 4.90 Å². The number of nitrogens with one attached hydrogen (secondary N) is 1. The largest absolute Gasteiger partial charge is 0.393 e. The fourth-order valence-electron chi connectivity index (χ4n) is 5.44. The van der Waals surface area contributed by atoms with Crippen LogP contribution in [0.15, 0.2) is 36.5 Å². The van der Waals surface area contributed by atoms with E-state index in [0.717, 1.165) is 69.5 Å². The number of rotatable bonds is 7. The number of hydrogen-bond donors (Lipinski definition) is 2. The summed E-state index contributed by atoms with van der Waals surface area (Å²) in [5.41, 5.74) is 5.80. The van der Waals surface area contributed by atoms with Crippen LogP contribution in [0.1, 0.15) is 56.2 Å². The lowest BCUT2D eigenvalue weighted by molar-refractivity contribution is 0.121. The van der Waals surface area contributed by atoms with Crippen LogP contribution in [0.2, 0.25) is 0 Å². The van der Waals surface area contributed by atoms with E-state index in [1.165, 1.54) is 16.8 Å². The van der Waals surface area contributed by atoms with Crippen LogP contribution in [0.25, 0.3) is 16.6 Å². The molecule has 0 spiro atoms. The van der Waals surface area contributed by atoms with Crippen molar-refractivity contribution in [2.24, 2.45) is 0 Å². The molecule has 5 rings (SSSR count). The first-order valence-electron chi connectivity index (χ1n) is 13.2. The molecule has 3 aromatic rings. The number of likely N-dealkylation sites (N-methyl/N-ethyl adjacent to an activating group) is 1. The van der Waals surface area contributed by atoms with Crippen molar-refractivity contribution in [3.63, 3.8) is 0 Å². The van der Waals surface area contributed by atoms with Crippen LogP contribution >= 0.6 is 0 Å². The summed E-state index contributed by atoms with van der Waals surface area (Å²) >= 11 is 0. The van der Waals surface area contributed by atoms with E-state index in [0.29, 0.717) is 18.3 Å². The molecule has 1 aromatic carbocycles. The molecule has 1 aliphatic carbocycles. The maximum Gasteiger partial charge on any atom is 0.241 e. The van der Waals surface area contributed by atoms with Gasteiger partial charge in [-0.25, -0.2) is 9.50 Å². The standard InChI is InChI=1S/C28H37N7O/c1-20(11-12-29)31-28-30-18-27-25(17-26(35(27)32-28)23-7-9-24(36)10-8-23)22-5-3-21(4-6-22)19-34-15-13-33(2)14-16-34/h3-6,17-18,20,23-24,36H,7-11,13-16,19H2,1-2H3,(H,31,32)/t20-,23?,24?/m0/s1. The molecule has 8 nitrogen and oxygen atoms in total. The molecule has 0 unspecified atom stereocenters. The molecule has 2 aliphatic rings. The van der Waals surface area contributed by atoms with Gasteiger partial charge in [0, 0.05) is 55.9 Å². The Morgan fingerprint density at radius 1 is 1.11 bits per heavy atom. The third-order valence-corrected chi connectivity index (χ3v) is 7.70. The number of benzene rings is 1. The summed E-state index contributed by atoms with van der Waals surface area (Å²) in [6.45, 7) is 7.43. The molecular formula is C28H37N7O. The molecule has 190 valence electrons. The zero-order valence-electron chi connectivity index (χ0n) is 21.4. The van der Waals surface area contributed by atoms with Crippen LogP contribution in [0.5, 0.6) is 0 Å². The number of piperazine rings is 1. The van der Waals surface area contributed by atoms with Gasteiger partial charge in [-0.1, -0.05) is 24.3 Å². The molecule has 2 N–H and O–H groups in total. The highest BCUT2D eigenvalue weighted by Crippen LogP contribution is 2.37. The molecule has 1 saturated heterocycles. The van der Waals surface area contributed by atoms with Crippen molar-refractivity contribution < 1.29 is 5.11 Å². The van der Waals surface area contributed by atoms with E-state index in [1.807, 2.05) is 17.6 Å². The Bertz CT molecular complexity index is 1200. The Labute approximate surface area is 213 Å². The summed E-state index contributed by atoms with van der Waals surface area (Å²) < 4.78 is 2.03. The number of hydrogen-bond acceptors (Lipinski definition) is 7. The van der Waals surface area contributed by atoms with Gasteiger partial charge >= 0.3 is 0 Å². The molecule has 3 heterocycles. The monoisotopic (exact) mass is 487 g/mol.